The van der Waals surface area contributed by atoms with Crippen molar-refractivity contribution in [3.05, 3.63) is 35.1 Å². The summed E-state index contributed by atoms with van der Waals surface area (Å²) < 4.78 is 38.7. The largest absolute Gasteiger partial charge is 0.303 e. The first-order valence-corrected chi connectivity index (χ1v) is 6.16. The van der Waals surface area contributed by atoms with Crippen molar-refractivity contribution in [3.8, 4) is 0 Å². The van der Waals surface area contributed by atoms with E-state index < -0.39 is 17.8 Å². The maximum Gasteiger partial charge on any atom is 0.264 e. The van der Waals surface area contributed by atoms with Crippen molar-refractivity contribution >= 4 is 29.1 Å². The molecule has 0 unspecified atom stereocenters. The number of hydrogen-bond acceptors (Lipinski definition) is 4. The van der Waals surface area contributed by atoms with E-state index in [2.05, 4.69) is 15.5 Å². The average Bonchev–Trinajstić information content (AvgIpc) is 2.77. The summed E-state index contributed by atoms with van der Waals surface area (Å²) in [6.07, 6.45) is -1.89. The van der Waals surface area contributed by atoms with E-state index in [1.807, 2.05) is 0 Å². The molecule has 2 rings (SSSR count). The summed E-state index contributed by atoms with van der Waals surface area (Å²) in [7, 11) is 0. The highest BCUT2D eigenvalue weighted by atomic mass is 32.2. The molecule has 0 aromatic heterocycles. The number of halogens is 3. The number of carbonyl (C=O) groups excluding carboxylic acids is 1. The van der Waals surface area contributed by atoms with Crippen molar-refractivity contribution in [1.82, 2.24) is 5.32 Å². The fourth-order valence-corrected chi connectivity index (χ4v) is 2.03. The van der Waals surface area contributed by atoms with Crippen molar-refractivity contribution in [2.24, 2.45) is 10.2 Å². The molecule has 1 fully saturated rings. The van der Waals surface area contributed by atoms with Gasteiger partial charge in [0.05, 0.1) is 12.0 Å². The van der Waals surface area contributed by atoms with E-state index in [0.29, 0.717) is 0 Å². The van der Waals surface area contributed by atoms with Crippen LogP contribution in [0.15, 0.2) is 28.4 Å². The Morgan fingerprint density at radius 2 is 2.21 bits per heavy atom. The fraction of sp³-hybridized carbons (Fsp3) is 0.182. The molecule has 19 heavy (non-hydrogen) atoms. The van der Waals surface area contributed by atoms with Crippen molar-refractivity contribution in [1.29, 1.82) is 0 Å². The number of amidine groups is 1. The number of carbonyl (C=O) groups is 1. The molecule has 1 N–H and O–H groups in total. The monoisotopic (exact) mass is 287 g/mol. The lowest BCUT2D eigenvalue weighted by Crippen LogP contribution is -2.19. The zero-order chi connectivity index (χ0) is 13.8. The van der Waals surface area contributed by atoms with Crippen LogP contribution in [0.2, 0.25) is 0 Å². The summed E-state index contributed by atoms with van der Waals surface area (Å²) in [5.41, 5.74) is -0.761. The lowest BCUT2D eigenvalue weighted by molar-refractivity contribution is -0.116. The van der Waals surface area contributed by atoms with Gasteiger partial charge in [0.2, 0.25) is 5.91 Å². The Hall–Kier alpha value is -1.83. The van der Waals surface area contributed by atoms with Crippen molar-refractivity contribution in [2.75, 3.05) is 5.75 Å². The third-order valence-corrected chi connectivity index (χ3v) is 3.11. The highest BCUT2D eigenvalue weighted by molar-refractivity contribution is 8.15. The van der Waals surface area contributed by atoms with E-state index in [1.165, 1.54) is 6.07 Å². The van der Waals surface area contributed by atoms with Crippen LogP contribution in [0.5, 0.6) is 0 Å². The maximum absolute atomic E-state index is 13.4. The van der Waals surface area contributed by atoms with Gasteiger partial charge in [0, 0.05) is 11.1 Å². The Bertz CT molecular complexity index is 560. The van der Waals surface area contributed by atoms with Crippen LogP contribution < -0.4 is 5.32 Å². The van der Waals surface area contributed by atoms with Gasteiger partial charge in [-0.1, -0.05) is 23.9 Å². The molecule has 1 heterocycles. The number of rotatable bonds is 3. The average molecular weight is 287 g/mol. The highest BCUT2D eigenvalue weighted by Gasteiger charge is 2.17. The normalized spacial score (nSPS) is 17.7. The molecular formula is C11H8F3N3OS. The molecule has 0 saturated carbocycles. The van der Waals surface area contributed by atoms with Gasteiger partial charge in [-0.2, -0.15) is 5.10 Å². The van der Waals surface area contributed by atoms with Crippen LogP contribution in [-0.4, -0.2) is 23.0 Å². The molecule has 0 bridgehead atoms. The molecule has 1 saturated heterocycles. The van der Waals surface area contributed by atoms with Gasteiger partial charge in [-0.3, -0.25) is 4.79 Å². The van der Waals surface area contributed by atoms with Crippen LogP contribution >= 0.6 is 11.8 Å². The van der Waals surface area contributed by atoms with Crippen molar-refractivity contribution < 1.29 is 18.0 Å². The lowest BCUT2D eigenvalue weighted by Gasteiger charge is -2.04. The van der Waals surface area contributed by atoms with Crippen LogP contribution in [0.3, 0.4) is 0 Å². The number of benzene rings is 1. The van der Waals surface area contributed by atoms with Gasteiger partial charge in [0.15, 0.2) is 5.17 Å². The molecule has 100 valence electrons. The second-order valence-electron chi connectivity index (χ2n) is 3.53. The number of nitrogens with zero attached hydrogens (tertiary/aromatic N) is 2. The molecule has 0 radical (unpaired) electrons. The Labute approximate surface area is 110 Å². The van der Waals surface area contributed by atoms with E-state index >= 15 is 0 Å². The predicted octanol–water partition coefficient (Wildman–Crippen LogP) is 2.32. The molecule has 0 atom stereocenters. The summed E-state index contributed by atoms with van der Waals surface area (Å²) >= 11 is 1.13. The van der Waals surface area contributed by atoms with Crippen LogP contribution in [0, 0.1) is 5.82 Å². The van der Waals surface area contributed by atoms with Gasteiger partial charge in [-0.15, -0.1) is 5.10 Å². The third-order valence-electron chi connectivity index (χ3n) is 2.24. The van der Waals surface area contributed by atoms with E-state index in [9.17, 15) is 18.0 Å². The van der Waals surface area contributed by atoms with Gasteiger partial charge >= 0.3 is 0 Å². The smallest absolute Gasteiger partial charge is 0.264 e. The molecule has 1 amide bonds. The van der Waals surface area contributed by atoms with Gasteiger partial charge in [-0.25, -0.2) is 13.2 Å². The first-order valence-electron chi connectivity index (χ1n) is 5.18. The summed E-state index contributed by atoms with van der Waals surface area (Å²) in [4.78, 5) is 10.9. The highest BCUT2D eigenvalue weighted by Crippen LogP contribution is 2.23. The Kier molecular flexibility index (Phi) is 4.20. The zero-order valence-electron chi connectivity index (χ0n) is 9.44. The number of amides is 1. The zero-order valence-corrected chi connectivity index (χ0v) is 10.3. The van der Waals surface area contributed by atoms with Crippen molar-refractivity contribution in [2.45, 2.75) is 6.43 Å². The quantitative estimate of drug-likeness (QED) is 0.685. The third kappa shape index (κ3) is 3.34. The number of alkyl halides is 2. The Morgan fingerprint density at radius 1 is 1.42 bits per heavy atom. The minimum absolute atomic E-state index is 0.210. The molecule has 1 aliphatic heterocycles. The van der Waals surface area contributed by atoms with Crippen LogP contribution in [-0.2, 0) is 4.79 Å². The van der Waals surface area contributed by atoms with Gasteiger partial charge in [0.25, 0.3) is 6.43 Å². The minimum Gasteiger partial charge on any atom is -0.303 e. The van der Waals surface area contributed by atoms with Gasteiger partial charge in [0.1, 0.15) is 5.82 Å². The minimum atomic E-state index is -2.80. The van der Waals surface area contributed by atoms with Gasteiger partial charge < -0.3 is 5.32 Å². The lowest BCUT2D eigenvalue weighted by atomic mass is 10.1. The predicted molar refractivity (Wildman–Crippen MR) is 67.0 cm³/mol. The number of hydrogen-bond donors (Lipinski definition) is 1. The summed E-state index contributed by atoms with van der Waals surface area (Å²) in [5.74, 6) is -0.779. The Balaban J connectivity index is 2.21. The van der Waals surface area contributed by atoms with E-state index in [-0.39, 0.29) is 22.4 Å². The van der Waals surface area contributed by atoms with Gasteiger partial charge in [-0.05, 0) is 6.07 Å². The standard InChI is InChI=1S/C11H8F3N3OS/c12-8-3-1-2-6(10(13)14)7(8)4-15-17-11-16-9(18)5-19-11/h1-4,10H,5H2,(H,16,17,18). The number of nitrogens with one attached hydrogen (secondary N) is 1. The summed E-state index contributed by atoms with van der Waals surface area (Å²) in [5, 5.41) is 9.80. The van der Waals surface area contributed by atoms with E-state index in [4.69, 9.17) is 0 Å². The molecule has 1 aliphatic rings. The Morgan fingerprint density at radius 3 is 2.84 bits per heavy atom. The molecular weight excluding hydrogens is 279 g/mol. The second kappa shape index (κ2) is 5.87. The summed E-state index contributed by atoms with van der Waals surface area (Å²) in [6, 6.07) is 3.38. The van der Waals surface area contributed by atoms with Crippen molar-refractivity contribution in [3.63, 3.8) is 0 Å². The first-order chi connectivity index (χ1) is 9.08. The fourth-order valence-electron chi connectivity index (χ4n) is 1.40. The first kappa shape index (κ1) is 13.6. The summed E-state index contributed by atoms with van der Waals surface area (Å²) in [6.45, 7) is 0. The molecule has 0 aliphatic carbocycles. The molecule has 1 aromatic carbocycles. The topological polar surface area (TPSA) is 53.8 Å². The number of thioether (sulfide) groups is 1. The molecule has 1 aromatic rings. The van der Waals surface area contributed by atoms with Crippen LogP contribution in [0.1, 0.15) is 17.6 Å². The van der Waals surface area contributed by atoms with E-state index in [1.54, 1.807) is 0 Å². The van der Waals surface area contributed by atoms with Crippen LogP contribution in [0.4, 0.5) is 13.2 Å². The maximum atomic E-state index is 13.4. The molecule has 4 nitrogen and oxygen atoms in total. The molecule has 0 spiro atoms. The van der Waals surface area contributed by atoms with E-state index in [0.717, 1.165) is 30.1 Å². The second-order valence-corrected chi connectivity index (χ2v) is 4.49. The van der Waals surface area contributed by atoms with Crippen LogP contribution in [0.25, 0.3) is 0 Å². The SMILES string of the molecule is O=C1CSC(=NN=Cc2c(F)cccc2C(F)F)N1. The molecule has 8 heteroatoms.